The van der Waals surface area contributed by atoms with Crippen molar-refractivity contribution in [1.29, 1.82) is 0 Å². The monoisotopic (exact) mass is 526 g/mol. The van der Waals surface area contributed by atoms with Crippen molar-refractivity contribution in [3.05, 3.63) is 65.8 Å². The first kappa shape index (κ1) is 14.6. The van der Waals surface area contributed by atoms with Crippen LogP contribution in [0, 0.1) is 19.0 Å². The molecule has 0 heterocycles. The number of Topliss-reactive ketones (excluding diaryl/α,β-unsaturated/α-hetero) is 2. The van der Waals surface area contributed by atoms with Crippen LogP contribution < -0.4 is 0 Å². The summed E-state index contributed by atoms with van der Waals surface area (Å²) in [6.45, 7) is 0. The summed E-state index contributed by atoms with van der Waals surface area (Å²) in [6, 6.07) is 12.3. The zero-order chi connectivity index (χ0) is 15.9. The Bertz CT molecular complexity index is 902. The van der Waals surface area contributed by atoms with E-state index in [1.807, 2.05) is 24.3 Å². The largest absolute Gasteiger partial charge is 0.294 e. The van der Waals surface area contributed by atoms with Gasteiger partial charge in [-0.3, -0.25) is 9.59 Å². The Morgan fingerprint density at radius 2 is 1.48 bits per heavy atom. The lowest BCUT2D eigenvalue weighted by molar-refractivity contribution is 0.0731. The predicted octanol–water partition coefficient (Wildman–Crippen LogP) is 4.79. The van der Waals surface area contributed by atoms with Gasteiger partial charge in [-0.25, -0.2) is 0 Å². The van der Waals surface area contributed by atoms with Gasteiger partial charge in [0, 0.05) is 30.1 Å². The molecule has 3 aliphatic rings. The number of carbonyl (C=O) groups excluding carboxylic acids is 2. The number of fused-ring (bicyclic) bond motifs is 9. The smallest absolute Gasteiger partial charge is 0.169 e. The molecule has 0 N–H and O–H groups in total. The summed E-state index contributed by atoms with van der Waals surface area (Å²) in [4.78, 5) is 26.4. The summed E-state index contributed by atoms with van der Waals surface area (Å²) in [5.74, 6) is 0.519. The maximum absolute atomic E-state index is 13.2. The van der Waals surface area contributed by atoms with E-state index in [1.54, 1.807) is 0 Å². The van der Waals surface area contributed by atoms with Gasteiger partial charge in [0.25, 0.3) is 0 Å². The minimum absolute atomic E-state index is 0.149. The molecular weight excluding hydrogens is 514 g/mol. The van der Waals surface area contributed by atoms with Crippen molar-refractivity contribution < 1.29 is 9.59 Å². The Morgan fingerprint density at radius 1 is 0.870 bits per heavy atom. The van der Waals surface area contributed by atoms with Crippen LogP contribution in [0.1, 0.15) is 50.1 Å². The molecule has 0 spiro atoms. The molecule has 1 fully saturated rings. The molecule has 2 aromatic carbocycles. The molecule has 23 heavy (non-hydrogen) atoms. The van der Waals surface area contributed by atoms with Crippen LogP contribution in [0.2, 0.25) is 0 Å². The van der Waals surface area contributed by atoms with Gasteiger partial charge in [-0.05, 0) is 86.7 Å². The lowest BCUT2D eigenvalue weighted by Crippen LogP contribution is -2.40. The van der Waals surface area contributed by atoms with Gasteiger partial charge in [0.05, 0.1) is 0 Å². The normalized spacial score (nSPS) is 30.2. The first-order valence-electron chi connectivity index (χ1n) is 7.74. The first-order chi connectivity index (χ1) is 11.1. The standard InChI is InChI=1S/C19H12I2O2/c20-8-5-13-15(14(21)6-8)19(23)17-12-7-11(16(17)18(13)22)9-3-1-2-4-10(9)12/h1-6,11-12,16-17H,7H2. The molecule has 2 nitrogen and oxygen atoms in total. The van der Waals surface area contributed by atoms with Crippen molar-refractivity contribution >= 4 is 56.7 Å². The van der Waals surface area contributed by atoms with Gasteiger partial charge in [0.1, 0.15) is 0 Å². The summed E-state index contributed by atoms with van der Waals surface area (Å²) in [5.41, 5.74) is 3.91. The van der Waals surface area contributed by atoms with E-state index >= 15 is 0 Å². The molecule has 0 saturated heterocycles. The second-order valence-electron chi connectivity index (χ2n) is 6.67. The molecule has 0 amide bonds. The van der Waals surface area contributed by atoms with E-state index in [0.717, 1.165) is 13.6 Å². The average molecular weight is 526 g/mol. The molecule has 0 aromatic heterocycles. The molecule has 0 aliphatic heterocycles. The highest BCUT2D eigenvalue weighted by Crippen LogP contribution is 2.62. The van der Waals surface area contributed by atoms with Gasteiger partial charge in [0.15, 0.2) is 11.6 Å². The van der Waals surface area contributed by atoms with E-state index in [4.69, 9.17) is 0 Å². The third kappa shape index (κ3) is 1.79. The number of hydrogen-bond donors (Lipinski definition) is 0. The number of halogens is 2. The van der Waals surface area contributed by atoms with Crippen molar-refractivity contribution in [3.8, 4) is 0 Å². The van der Waals surface area contributed by atoms with Gasteiger partial charge < -0.3 is 0 Å². The highest BCUT2D eigenvalue weighted by atomic mass is 127. The Hall–Kier alpha value is -0.760. The van der Waals surface area contributed by atoms with Crippen molar-refractivity contribution in [3.63, 3.8) is 0 Å². The van der Waals surface area contributed by atoms with Crippen LogP contribution in [0.15, 0.2) is 36.4 Å². The topological polar surface area (TPSA) is 34.1 Å². The van der Waals surface area contributed by atoms with Crippen LogP contribution in [-0.4, -0.2) is 11.6 Å². The molecule has 1 saturated carbocycles. The zero-order valence-corrected chi connectivity index (χ0v) is 16.4. The van der Waals surface area contributed by atoms with Gasteiger partial charge in [-0.2, -0.15) is 0 Å². The van der Waals surface area contributed by atoms with Crippen molar-refractivity contribution in [2.24, 2.45) is 11.8 Å². The SMILES string of the molecule is O=C1c2cc(I)cc(I)c2C(=O)C2C3CC(c4ccccc43)C12. The molecule has 2 aromatic rings. The summed E-state index contributed by atoms with van der Waals surface area (Å²) < 4.78 is 1.94. The number of benzene rings is 2. The highest BCUT2D eigenvalue weighted by Gasteiger charge is 2.59. The molecule has 4 heteroatoms. The van der Waals surface area contributed by atoms with Gasteiger partial charge in [0.2, 0.25) is 0 Å². The first-order valence-corrected chi connectivity index (χ1v) is 9.90. The van der Waals surface area contributed by atoms with Crippen LogP contribution in [0.4, 0.5) is 0 Å². The molecule has 0 radical (unpaired) electrons. The van der Waals surface area contributed by atoms with Gasteiger partial charge in [-0.15, -0.1) is 0 Å². The van der Waals surface area contributed by atoms with Gasteiger partial charge in [-0.1, -0.05) is 24.3 Å². The summed E-state index contributed by atoms with van der Waals surface area (Å²) in [6.07, 6.45) is 0.952. The van der Waals surface area contributed by atoms with Gasteiger partial charge >= 0.3 is 0 Å². The quantitative estimate of drug-likeness (QED) is 0.463. The molecule has 5 rings (SSSR count). The fourth-order valence-electron chi connectivity index (χ4n) is 4.95. The van der Waals surface area contributed by atoms with E-state index in [2.05, 4.69) is 57.3 Å². The lowest BCUT2D eigenvalue weighted by Gasteiger charge is -2.35. The molecule has 4 atom stereocenters. The Balaban J connectivity index is 1.74. The maximum atomic E-state index is 13.2. The maximum Gasteiger partial charge on any atom is 0.169 e. The van der Waals surface area contributed by atoms with Crippen LogP contribution >= 0.6 is 45.2 Å². The minimum Gasteiger partial charge on any atom is -0.294 e. The van der Waals surface area contributed by atoms with Crippen LogP contribution in [0.3, 0.4) is 0 Å². The lowest BCUT2D eigenvalue weighted by atomic mass is 9.66. The molecular formula is C19H12I2O2. The number of ketones is 2. The average Bonchev–Trinajstić information content (AvgIpc) is 3.09. The third-order valence-corrected chi connectivity index (χ3v) is 7.20. The third-order valence-electron chi connectivity index (χ3n) is 5.73. The van der Waals surface area contributed by atoms with E-state index in [0.29, 0.717) is 11.1 Å². The molecule has 114 valence electrons. The molecule has 4 unspecified atom stereocenters. The second-order valence-corrected chi connectivity index (χ2v) is 9.08. The summed E-state index contributed by atoms with van der Waals surface area (Å²) >= 11 is 4.42. The van der Waals surface area contributed by atoms with Crippen LogP contribution in [0.25, 0.3) is 0 Å². The summed E-state index contributed by atoms with van der Waals surface area (Å²) in [5, 5.41) is 0. The fourth-order valence-corrected chi connectivity index (χ4v) is 7.06. The van der Waals surface area contributed by atoms with Crippen LogP contribution in [0.5, 0.6) is 0 Å². The van der Waals surface area contributed by atoms with Crippen molar-refractivity contribution in [1.82, 2.24) is 0 Å². The Labute approximate surface area is 161 Å². The molecule has 3 aliphatic carbocycles. The summed E-state index contributed by atoms with van der Waals surface area (Å²) in [7, 11) is 0. The number of carbonyl (C=O) groups is 2. The van der Waals surface area contributed by atoms with E-state index in [9.17, 15) is 9.59 Å². The Kier molecular flexibility index (Phi) is 3.09. The minimum atomic E-state index is -0.150. The zero-order valence-electron chi connectivity index (χ0n) is 12.1. The second kappa shape index (κ2) is 4.88. The van der Waals surface area contributed by atoms with E-state index < -0.39 is 0 Å². The fraction of sp³-hybridized carbons (Fsp3) is 0.263. The highest BCUT2D eigenvalue weighted by molar-refractivity contribution is 14.1. The van der Waals surface area contributed by atoms with E-state index in [-0.39, 0.29) is 35.2 Å². The van der Waals surface area contributed by atoms with Crippen molar-refractivity contribution in [2.45, 2.75) is 18.3 Å². The molecule has 2 bridgehead atoms. The number of hydrogen-bond acceptors (Lipinski definition) is 2. The van der Waals surface area contributed by atoms with Crippen LogP contribution in [-0.2, 0) is 0 Å². The predicted molar refractivity (Wildman–Crippen MR) is 104 cm³/mol. The van der Waals surface area contributed by atoms with Crippen molar-refractivity contribution in [2.75, 3.05) is 0 Å². The Morgan fingerprint density at radius 3 is 2.13 bits per heavy atom. The number of rotatable bonds is 0. The van der Waals surface area contributed by atoms with E-state index in [1.165, 1.54) is 11.1 Å².